The molecule has 152 valence electrons. The standard InChI is InChI=1S/C21H21N7O2/c29-20(17-13-23-7-8-24-17)28-11-5-16-18(14-28)25-21(27-9-1-2-10-27)26-19(16)30-15-4-3-6-22-12-15/h3-4,6-8,12-13H,1-2,5,9-11,14H2. The van der Waals surface area contributed by atoms with Crippen molar-refractivity contribution in [3.63, 3.8) is 0 Å². The highest BCUT2D eigenvalue weighted by Gasteiger charge is 2.29. The van der Waals surface area contributed by atoms with Gasteiger partial charge in [0, 0.05) is 43.8 Å². The van der Waals surface area contributed by atoms with E-state index in [2.05, 4.69) is 19.9 Å². The first-order valence-corrected chi connectivity index (χ1v) is 10.1. The molecule has 3 aromatic rings. The summed E-state index contributed by atoms with van der Waals surface area (Å²) in [5.41, 5.74) is 2.08. The number of hydrogen-bond donors (Lipinski definition) is 0. The molecular formula is C21H21N7O2. The third kappa shape index (κ3) is 3.66. The summed E-state index contributed by atoms with van der Waals surface area (Å²) in [6, 6.07) is 3.68. The first kappa shape index (κ1) is 18.4. The van der Waals surface area contributed by atoms with E-state index in [1.165, 1.54) is 12.4 Å². The summed E-state index contributed by atoms with van der Waals surface area (Å²) >= 11 is 0. The molecule has 1 saturated heterocycles. The fraction of sp³-hybridized carbons (Fsp3) is 0.333. The smallest absolute Gasteiger partial charge is 0.274 e. The summed E-state index contributed by atoms with van der Waals surface area (Å²) in [4.78, 5) is 38.6. The predicted octanol–water partition coefficient (Wildman–Crippen LogP) is 2.25. The molecule has 1 fully saturated rings. The number of fused-ring (bicyclic) bond motifs is 1. The maximum Gasteiger partial charge on any atom is 0.274 e. The van der Waals surface area contributed by atoms with Crippen molar-refractivity contribution in [1.82, 2.24) is 29.8 Å². The van der Waals surface area contributed by atoms with E-state index >= 15 is 0 Å². The van der Waals surface area contributed by atoms with Crippen LogP contribution in [0, 0.1) is 0 Å². The van der Waals surface area contributed by atoms with Crippen LogP contribution in [0.25, 0.3) is 0 Å². The van der Waals surface area contributed by atoms with E-state index in [4.69, 9.17) is 14.7 Å². The zero-order valence-electron chi connectivity index (χ0n) is 16.4. The van der Waals surface area contributed by atoms with E-state index in [-0.39, 0.29) is 5.91 Å². The van der Waals surface area contributed by atoms with Crippen LogP contribution in [0.15, 0.2) is 43.1 Å². The van der Waals surface area contributed by atoms with Crippen molar-refractivity contribution < 1.29 is 9.53 Å². The van der Waals surface area contributed by atoms with Gasteiger partial charge in [-0.3, -0.25) is 14.8 Å². The molecule has 0 radical (unpaired) electrons. The summed E-state index contributed by atoms with van der Waals surface area (Å²) in [6.45, 7) is 2.77. The Morgan fingerprint density at radius 1 is 1.00 bits per heavy atom. The van der Waals surface area contributed by atoms with Crippen molar-refractivity contribution in [1.29, 1.82) is 0 Å². The molecule has 0 spiro atoms. The number of nitrogens with zero attached hydrogens (tertiary/aromatic N) is 7. The first-order valence-electron chi connectivity index (χ1n) is 10.1. The molecule has 2 aliphatic rings. The van der Waals surface area contributed by atoms with Crippen LogP contribution in [0.1, 0.15) is 34.6 Å². The first-order chi connectivity index (χ1) is 14.8. The Kier molecular flexibility index (Phi) is 4.92. The molecular weight excluding hydrogens is 382 g/mol. The lowest BCUT2D eigenvalue weighted by atomic mass is 10.1. The van der Waals surface area contributed by atoms with Crippen LogP contribution in [0.3, 0.4) is 0 Å². The molecule has 30 heavy (non-hydrogen) atoms. The van der Waals surface area contributed by atoms with Gasteiger partial charge in [-0.1, -0.05) is 0 Å². The number of anilines is 1. The number of ether oxygens (including phenoxy) is 1. The number of rotatable bonds is 4. The second-order valence-electron chi connectivity index (χ2n) is 7.31. The van der Waals surface area contributed by atoms with Gasteiger partial charge in [-0.2, -0.15) is 4.98 Å². The molecule has 0 N–H and O–H groups in total. The van der Waals surface area contributed by atoms with Crippen molar-refractivity contribution in [2.75, 3.05) is 24.5 Å². The van der Waals surface area contributed by atoms with Crippen molar-refractivity contribution >= 4 is 11.9 Å². The summed E-state index contributed by atoms with van der Waals surface area (Å²) in [7, 11) is 0. The summed E-state index contributed by atoms with van der Waals surface area (Å²) < 4.78 is 6.09. The van der Waals surface area contributed by atoms with Crippen molar-refractivity contribution in [2.24, 2.45) is 0 Å². The van der Waals surface area contributed by atoms with Gasteiger partial charge in [0.15, 0.2) is 0 Å². The molecule has 1 amide bonds. The third-order valence-corrected chi connectivity index (χ3v) is 5.32. The minimum atomic E-state index is -0.148. The van der Waals surface area contributed by atoms with Gasteiger partial charge in [-0.05, 0) is 31.4 Å². The monoisotopic (exact) mass is 403 g/mol. The molecule has 0 saturated carbocycles. The molecule has 3 aromatic heterocycles. The van der Waals surface area contributed by atoms with Gasteiger partial charge in [0.2, 0.25) is 11.8 Å². The summed E-state index contributed by atoms with van der Waals surface area (Å²) in [5.74, 6) is 1.68. The predicted molar refractivity (Wildman–Crippen MR) is 108 cm³/mol. The zero-order valence-corrected chi connectivity index (χ0v) is 16.4. The largest absolute Gasteiger partial charge is 0.437 e. The molecule has 5 rings (SSSR count). The van der Waals surface area contributed by atoms with E-state index in [9.17, 15) is 4.79 Å². The average Bonchev–Trinajstić information content (AvgIpc) is 3.34. The molecule has 0 aliphatic carbocycles. The van der Waals surface area contributed by atoms with E-state index in [1.54, 1.807) is 23.5 Å². The number of hydrogen-bond acceptors (Lipinski definition) is 8. The highest BCUT2D eigenvalue weighted by molar-refractivity contribution is 5.92. The molecule has 0 bridgehead atoms. The zero-order chi connectivity index (χ0) is 20.3. The van der Waals surface area contributed by atoms with Crippen molar-refractivity contribution in [3.8, 4) is 11.6 Å². The lowest BCUT2D eigenvalue weighted by Crippen LogP contribution is -2.37. The Balaban J connectivity index is 1.48. The Morgan fingerprint density at radius 3 is 2.63 bits per heavy atom. The van der Waals surface area contributed by atoms with Crippen LogP contribution in [-0.4, -0.2) is 55.4 Å². The van der Waals surface area contributed by atoms with E-state index in [0.717, 1.165) is 37.2 Å². The van der Waals surface area contributed by atoms with E-state index < -0.39 is 0 Å². The van der Waals surface area contributed by atoms with Gasteiger partial charge in [0.25, 0.3) is 5.91 Å². The highest BCUT2D eigenvalue weighted by Crippen LogP contribution is 2.32. The Labute approximate surface area is 173 Å². The van der Waals surface area contributed by atoms with Crippen LogP contribution in [0.4, 0.5) is 5.95 Å². The fourth-order valence-corrected chi connectivity index (χ4v) is 3.79. The number of carbonyl (C=O) groups is 1. The van der Waals surface area contributed by atoms with Gasteiger partial charge in [-0.15, -0.1) is 0 Å². The second-order valence-corrected chi connectivity index (χ2v) is 7.31. The van der Waals surface area contributed by atoms with Crippen LogP contribution in [0.5, 0.6) is 11.6 Å². The number of carbonyl (C=O) groups excluding carboxylic acids is 1. The Morgan fingerprint density at radius 2 is 1.87 bits per heavy atom. The van der Waals surface area contributed by atoms with E-state index in [0.29, 0.717) is 42.8 Å². The lowest BCUT2D eigenvalue weighted by molar-refractivity contribution is 0.0724. The SMILES string of the molecule is O=C(c1cnccn1)N1CCc2c(nc(N3CCCC3)nc2Oc2cccnc2)C1. The van der Waals surface area contributed by atoms with Crippen LogP contribution in [-0.2, 0) is 13.0 Å². The summed E-state index contributed by atoms with van der Waals surface area (Å²) in [6.07, 6.45) is 10.8. The van der Waals surface area contributed by atoms with Gasteiger partial charge >= 0.3 is 0 Å². The summed E-state index contributed by atoms with van der Waals surface area (Å²) in [5, 5.41) is 0. The second kappa shape index (κ2) is 8.02. The third-order valence-electron chi connectivity index (χ3n) is 5.32. The fourth-order valence-electron chi connectivity index (χ4n) is 3.79. The molecule has 5 heterocycles. The number of amides is 1. The van der Waals surface area contributed by atoms with Gasteiger partial charge in [-0.25, -0.2) is 9.97 Å². The normalized spacial score (nSPS) is 15.7. The average molecular weight is 403 g/mol. The minimum Gasteiger partial charge on any atom is -0.437 e. The van der Waals surface area contributed by atoms with E-state index in [1.807, 2.05) is 12.1 Å². The van der Waals surface area contributed by atoms with Crippen LogP contribution in [0.2, 0.25) is 0 Å². The van der Waals surface area contributed by atoms with Crippen LogP contribution < -0.4 is 9.64 Å². The molecule has 9 nitrogen and oxygen atoms in total. The molecule has 9 heteroatoms. The molecule has 0 aromatic carbocycles. The highest BCUT2D eigenvalue weighted by atomic mass is 16.5. The number of aromatic nitrogens is 5. The number of pyridine rings is 1. The van der Waals surface area contributed by atoms with Gasteiger partial charge < -0.3 is 14.5 Å². The van der Waals surface area contributed by atoms with Crippen molar-refractivity contribution in [2.45, 2.75) is 25.8 Å². The topological polar surface area (TPSA) is 97.2 Å². The Hall–Kier alpha value is -3.62. The Bertz CT molecular complexity index is 1040. The molecule has 0 atom stereocenters. The van der Waals surface area contributed by atoms with Gasteiger partial charge in [0.05, 0.1) is 24.6 Å². The van der Waals surface area contributed by atoms with Crippen molar-refractivity contribution in [3.05, 3.63) is 60.1 Å². The van der Waals surface area contributed by atoms with Crippen LogP contribution >= 0.6 is 0 Å². The van der Waals surface area contributed by atoms with Gasteiger partial charge in [0.1, 0.15) is 11.4 Å². The lowest BCUT2D eigenvalue weighted by Gasteiger charge is -2.29. The minimum absolute atomic E-state index is 0.148. The maximum absolute atomic E-state index is 12.9. The molecule has 2 aliphatic heterocycles. The molecule has 0 unspecified atom stereocenters. The maximum atomic E-state index is 12.9. The quantitative estimate of drug-likeness (QED) is 0.654.